The molecule has 0 unspecified atom stereocenters. The minimum Gasteiger partial charge on any atom is -0.497 e. The molecule has 1 rings (SSSR count). The quantitative estimate of drug-likeness (QED) is 0.568. The first-order chi connectivity index (χ1) is 7.31. The van der Waals surface area contributed by atoms with Gasteiger partial charge in [-0.15, -0.1) is 11.8 Å². The predicted octanol–water partition coefficient (Wildman–Crippen LogP) is 2.71. The summed E-state index contributed by atoms with van der Waals surface area (Å²) in [6.07, 6.45) is 0.533. The fourth-order valence-electron chi connectivity index (χ4n) is 1.10. The smallest absolute Gasteiger partial charge is 0.132 e. The summed E-state index contributed by atoms with van der Waals surface area (Å²) in [5, 5.41) is 8.45. The Kier molecular flexibility index (Phi) is 4.85. The Labute approximate surface area is 94.0 Å². The number of ether oxygens (including phenoxy) is 2. The van der Waals surface area contributed by atoms with Gasteiger partial charge in [0, 0.05) is 12.2 Å². The number of rotatable bonds is 5. The van der Waals surface area contributed by atoms with E-state index >= 15 is 0 Å². The van der Waals surface area contributed by atoms with E-state index in [0.717, 1.165) is 22.1 Å². The van der Waals surface area contributed by atoms with Gasteiger partial charge < -0.3 is 9.47 Å². The zero-order chi connectivity index (χ0) is 11.1. The van der Waals surface area contributed by atoms with Gasteiger partial charge in [0.05, 0.1) is 25.2 Å². The number of nitriles is 1. The molecule has 0 bridgehead atoms. The van der Waals surface area contributed by atoms with Crippen molar-refractivity contribution in [1.82, 2.24) is 0 Å². The molecule has 0 saturated carbocycles. The molecule has 1 aromatic carbocycles. The van der Waals surface area contributed by atoms with Crippen molar-refractivity contribution in [3.8, 4) is 17.6 Å². The van der Waals surface area contributed by atoms with E-state index in [1.165, 1.54) is 0 Å². The molecular formula is C11H13NO2S. The zero-order valence-corrected chi connectivity index (χ0v) is 9.63. The summed E-state index contributed by atoms with van der Waals surface area (Å²) in [5.41, 5.74) is 0. The highest BCUT2D eigenvalue weighted by molar-refractivity contribution is 7.99. The number of methoxy groups -OCH3 is 2. The summed E-state index contributed by atoms with van der Waals surface area (Å²) in [7, 11) is 3.27. The van der Waals surface area contributed by atoms with Crippen LogP contribution in [-0.4, -0.2) is 20.0 Å². The van der Waals surface area contributed by atoms with Crippen LogP contribution in [0.25, 0.3) is 0 Å². The molecule has 80 valence electrons. The summed E-state index contributed by atoms with van der Waals surface area (Å²) in [6.45, 7) is 0. The van der Waals surface area contributed by atoms with Crippen LogP contribution >= 0.6 is 11.8 Å². The van der Waals surface area contributed by atoms with E-state index in [4.69, 9.17) is 14.7 Å². The number of benzene rings is 1. The minimum absolute atomic E-state index is 0.533. The Morgan fingerprint density at radius 1 is 1.33 bits per heavy atom. The average molecular weight is 223 g/mol. The molecule has 1 aromatic rings. The molecule has 0 aromatic heterocycles. The second kappa shape index (κ2) is 6.20. The standard InChI is InChI=1S/C11H13NO2S/c1-13-9-4-5-10(14-2)11(8-9)15-7-3-6-12/h4-5,8H,3,7H2,1-2H3. The van der Waals surface area contributed by atoms with Crippen LogP contribution in [0.1, 0.15) is 6.42 Å². The van der Waals surface area contributed by atoms with E-state index in [9.17, 15) is 0 Å². The molecule has 0 saturated heterocycles. The van der Waals surface area contributed by atoms with Gasteiger partial charge >= 0.3 is 0 Å². The van der Waals surface area contributed by atoms with E-state index in [2.05, 4.69) is 6.07 Å². The van der Waals surface area contributed by atoms with Gasteiger partial charge in [-0.2, -0.15) is 5.26 Å². The van der Waals surface area contributed by atoms with Crippen molar-refractivity contribution in [2.24, 2.45) is 0 Å². The average Bonchev–Trinajstić information content (AvgIpc) is 2.29. The highest BCUT2D eigenvalue weighted by Crippen LogP contribution is 2.32. The second-order valence-electron chi connectivity index (χ2n) is 2.77. The van der Waals surface area contributed by atoms with Crippen molar-refractivity contribution < 1.29 is 9.47 Å². The van der Waals surface area contributed by atoms with Crippen molar-refractivity contribution in [1.29, 1.82) is 5.26 Å². The summed E-state index contributed by atoms with van der Waals surface area (Å²) >= 11 is 1.60. The van der Waals surface area contributed by atoms with Crippen LogP contribution in [-0.2, 0) is 0 Å². The molecule has 0 amide bonds. The van der Waals surface area contributed by atoms with E-state index in [-0.39, 0.29) is 0 Å². The van der Waals surface area contributed by atoms with E-state index in [1.807, 2.05) is 18.2 Å². The lowest BCUT2D eigenvalue weighted by Crippen LogP contribution is -1.89. The van der Waals surface area contributed by atoms with E-state index < -0.39 is 0 Å². The molecule has 15 heavy (non-hydrogen) atoms. The van der Waals surface area contributed by atoms with Crippen molar-refractivity contribution in [2.45, 2.75) is 11.3 Å². The third-order valence-corrected chi connectivity index (χ3v) is 2.88. The number of thioether (sulfide) groups is 1. The van der Waals surface area contributed by atoms with E-state index in [1.54, 1.807) is 26.0 Å². The Bertz CT molecular complexity index is 360. The fourth-order valence-corrected chi connectivity index (χ4v) is 2.01. The summed E-state index contributed by atoms with van der Waals surface area (Å²) < 4.78 is 10.3. The first-order valence-electron chi connectivity index (χ1n) is 4.53. The monoisotopic (exact) mass is 223 g/mol. The van der Waals surface area contributed by atoms with Crippen LogP contribution in [0.15, 0.2) is 23.1 Å². The van der Waals surface area contributed by atoms with Gasteiger partial charge in [-0.25, -0.2) is 0 Å². The van der Waals surface area contributed by atoms with Crippen molar-refractivity contribution in [3.63, 3.8) is 0 Å². The molecule has 0 radical (unpaired) electrons. The molecule has 0 heterocycles. The maximum absolute atomic E-state index is 8.45. The Morgan fingerprint density at radius 2 is 2.13 bits per heavy atom. The van der Waals surface area contributed by atoms with Crippen LogP contribution in [0, 0.1) is 11.3 Å². The van der Waals surface area contributed by atoms with Gasteiger partial charge in [0.1, 0.15) is 11.5 Å². The highest BCUT2D eigenvalue weighted by Gasteiger charge is 2.04. The molecular weight excluding hydrogens is 210 g/mol. The normalized spacial score (nSPS) is 9.40. The summed E-state index contributed by atoms with van der Waals surface area (Å²) in [5.74, 6) is 2.38. The first kappa shape index (κ1) is 11.7. The van der Waals surface area contributed by atoms with Gasteiger partial charge in [-0.05, 0) is 18.2 Å². The largest absolute Gasteiger partial charge is 0.497 e. The van der Waals surface area contributed by atoms with Crippen molar-refractivity contribution in [2.75, 3.05) is 20.0 Å². The first-order valence-corrected chi connectivity index (χ1v) is 5.52. The summed E-state index contributed by atoms with van der Waals surface area (Å²) in [6, 6.07) is 7.75. The van der Waals surface area contributed by atoms with Gasteiger partial charge in [-0.3, -0.25) is 0 Å². The maximum atomic E-state index is 8.45. The summed E-state index contributed by atoms with van der Waals surface area (Å²) in [4.78, 5) is 1.01. The van der Waals surface area contributed by atoms with Gasteiger partial charge in [-0.1, -0.05) is 0 Å². The van der Waals surface area contributed by atoms with Crippen LogP contribution in [0.5, 0.6) is 11.5 Å². The van der Waals surface area contributed by atoms with Gasteiger partial charge in [0.15, 0.2) is 0 Å². The molecule has 4 heteroatoms. The minimum atomic E-state index is 0.533. The van der Waals surface area contributed by atoms with Crippen LogP contribution in [0.2, 0.25) is 0 Å². The van der Waals surface area contributed by atoms with Crippen LogP contribution < -0.4 is 9.47 Å². The van der Waals surface area contributed by atoms with Crippen molar-refractivity contribution in [3.05, 3.63) is 18.2 Å². The highest BCUT2D eigenvalue weighted by atomic mass is 32.2. The molecule has 0 aliphatic carbocycles. The van der Waals surface area contributed by atoms with Gasteiger partial charge in [0.25, 0.3) is 0 Å². The molecule has 0 N–H and O–H groups in total. The lowest BCUT2D eigenvalue weighted by Gasteiger charge is -2.08. The van der Waals surface area contributed by atoms with Gasteiger partial charge in [0.2, 0.25) is 0 Å². The molecule has 0 spiro atoms. The lowest BCUT2D eigenvalue weighted by atomic mass is 10.3. The number of hydrogen-bond donors (Lipinski definition) is 0. The number of hydrogen-bond acceptors (Lipinski definition) is 4. The lowest BCUT2D eigenvalue weighted by molar-refractivity contribution is 0.394. The molecule has 0 aliphatic rings. The molecule has 0 fully saturated rings. The SMILES string of the molecule is COc1ccc(OC)c(SCCC#N)c1. The van der Waals surface area contributed by atoms with Crippen LogP contribution in [0.3, 0.4) is 0 Å². The molecule has 0 atom stereocenters. The maximum Gasteiger partial charge on any atom is 0.132 e. The molecule has 3 nitrogen and oxygen atoms in total. The third-order valence-electron chi connectivity index (χ3n) is 1.84. The molecule has 0 aliphatic heterocycles. The van der Waals surface area contributed by atoms with E-state index in [0.29, 0.717) is 6.42 Å². The Hall–Kier alpha value is -1.34. The topological polar surface area (TPSA) is 42.2 Å². The van der Waals surface area contributed by atoms with Crippen molar-refractivity contribution >= 4 is 11.8 Å². The Balaban J connectivity index is 2.77. The van der Waals surface area contributed by atoms with Crippen LogP contribution in [0.4, 0.5) is 0 Å². The number of nitrogens with zero attached hydrogens (tertiary/aromatic N) is 1. The third kappa shape index (κ3) is 3.37. The predicted molar refractivity (Wildman–Crippen MR) is 60.5 cm³/mol. The Morgan fingerprint density at radius 3 is 2.73 bits per heavy atom. The fraction of sp³-hybridized carbons (Fsp3) is 0.364. The second-order valence-corrected chi connectivity index (χ2v) is 3.91. The zero-order valence-electron chi connectivity index (χ0n) is 8.82.